The third-order valence-corrected chi connectivity index (χ3v) is 3.14. The molecule has 0 saturated carbocycles. The Morgan fingerprint density at radius 3 is 2.58 bits per heavy atom. The summed E-state index contributed by atoms with van der Waals surface area (Å²) in [6, 6.07) is 3.57. The van der Waals surface area contributed by atoms with Gasteiger partial charge >= 0.3 is 6.18 Å². The zero-order valence-corrected chi connectivity index (χ0v) is 10.7. The monoisotopic (exact) mass is 289 g/mol. The van der Waals surface area contributed by atoms with Crippen molar-refractivity contribution in [2.75, 3.05) is 5.43 Å². The molecule has 0 aliphatic carbocycles. The van der Waals surface area contributed by atoms with Crippen LogP contribution in [0.1, 0.15) is 18.1 Å². The van der Waals surface area contributed by atoms with Gasteiger partial charge in [0.25, 0.3) is 0 Å². The lowest BCUT2D eigenvalue weighted by Crippen LogP contribution is -2.12. The summed E-state index contributed by atoms with van der Waals surface area (Å²) in [7, 11) is 0. The van der Waals surface area contributed by atoms with Crippen molar-refractivity contribution in [1.82, 2.24) is 4.98 Å². The molecule has 1 aromatic heterocycles. The fourth-order valence-corrected chi connectivity index (χ4v) is 2.12. The number of benzene rings is 1. The summed E-state index contributed by atoms with van der Waals surface area (Å²) in [5.41, 5.74) is 2.31. The van der Waals surface area contributed by atoms with Crippen LogP contribution in [-0.2, 0) is 12.6 Å². The molecule has 0 saturated heterocycles. The second-order valence-electron chi connectivity index (χ2n) is 3.98. The van der Waals surface area contributed by atoms with Crippen molar-refractivity contribution in [1.29, 1.82) is 0 Å². The lowest BCUT2D eigenvalue weighted by Gasteiger charge is -2.14. The molecule has 0 aliphatic heterocycles. The second-order valence-corrected chi connectivity index (χ2v) is 4.39. The molecule has 0 aliphatic rings. The van der Waals surface area contributed by atoms with Crippen molar-refractivity contribution < 1.29 is 13.2 Å². The molecule has 0 amide bonds. The van der Waals surface area contributed by atoms with Crippen LogP contribution in [0.3, 0.4) is 0 Å². The Balaban J connectivity index is 2.85. The highest BCUT2D eigenvalue weighted by molar-refractivity contribution is 6.35. The lowest BCUT2D eigenvalue weighted by atomic mass is 10.0. The number of anilines is 1. The number of nitrogen functional groups attached to an aromatic ring is 1. The number of halogens is 4. The highest BCUT2D eigenvalue weighted by atomic mass is 35.5. The normalized spacial score (nSPS) is 11.9. The van der Waals surface area contributed by atoms with E-state index < -0.39 is 11.7 Å². The number of nitrogens with zero attached hydrogens (tertiary/aromatic N) is 1. The average molecular weight is 290 g/mol. The number of rotatable bonds is 2. The second kappa shape index (κ2) is 4.86. The maximum absolute atomic E-state index is 13.0. The maximum atomic E-state index is 13.0. The van der Waals surface area contributed by atoms with Crippen LogP contribution in [0.25, 0.3) is 10.9 Å². The number of hydrazine groups is 1. The van der Waals surface area contributed by atoms with Crippen LogP contribution in [0.2, 0.25) is 5.02 Å². The number of alkyl halides is 3. The number of nitrogens with two attached hydrogens (primary N) is 1. The Kier molecular flexibility index (Phi) is 3.56. The first-order valence-electron chi connectivity index (χ1n) is 5.54. The Morgan fingerprint density at radius 2 is 2.05 bits per heavy atom. The fraction of sp³-hybridized carbons (Fsp3) is 0.250. The van der Waals surface area contributed by atoms with E-state index in [0.717, 1.165) is 6.07 Å². The molecule has 0 fully saturated rings. The van der Waals surface area contributed by atoms with Gasteiger partial charge in [-0.2, -0.15) is 13.2 Å². The molecule has 7 heteroatoms. The van der Waals surface area contributed by atoms with E-state index in [1.165, 1.54) is 12.1 Å². The summed E-state index contributed by atoms with van der Waals surface area (Å²) in [5.74, 6) is 5.64. The van der Waals surface area contributed by atoms with E-state index in [1.54, 1.807) is 0 Å². The molecule has 3 N–H and O–H groups in total. The molecule has 1 aromatic carbocycles. The van der Waals surface area contributed by atoms with E-state index in [1.807, 2.05) is 6.92 Å². The lowest BCUT2D eigenvalue weighted by molar-refractivity contribution is -0.136. The molecule has 1 heterocycles. The van der Waals surface area contributed by atoms with Crippen LogP contribution in [0.4, 0.5) is 19.0 Å². The van der Waals surface area contributed by atoms with E-state index in [9.17, 15) is 13.2 Å². The van der Waals surface area contributed by atoms with Gasteiger partial charge in [0.15, 0.2) is 0 Å². The first kappa shape index (κ1) is 13.9. The molecule has 0 radical (unpaired) electrons. The number of hydrogen-bond donors (Lipinski definition) is 2. The highest BCUT2D eigenvalue weighted by Crippen LogP contribution is 2.38. The summed E-state index contributed by atoms with van der Waals surface area (Å²) in [5, 5.41) is 0.137. The summed E-state index contributed by atoms with van der Waals surface area (Å²) >= 11 is 5.91. The average Bonchev–Trinajstić information content (AvgIpc) is 2.36. The van der Waals surface area contributed by atoms with Crippen LogP contribution in [0, 0.1) is 0 Å². The standard InChI is InChI=1S/C12H11ClF3N3/c1-2-6-5-7-8(12(14,15)16)3-4-9(13)10(7)18-11(6)19-17/h3-5H,2,17H2,1H3,(H,18,19). The van der Waals surface area contributed by atoms with Gasteiger partial charge in [0.2, 0.25) is 0 Å². The van der Waals surface area contributed by atoms with Crippen molar-refractivity contribution in [3.8, 4) is 0 Å². The van der Waals surface area contributed by atoms with Crippen molar-refractivity contribution in [3.63, 3.8) is 0 Å². The summed E-state index contributed by atoms with van der Waals surface area (Å²) in [4.78, 5) is 4.07. The Morgan fingerprint density at radius 1 is 1.37 bits per heavy atom. The van der Waals surface area contributed by atoms with Gasteiger partial charge in [-0.15, -0.1) is 0 Å². The van der Waals surface area contributed by atoms with Crippen LogP contribution in [-0.4, -0.2) is 4.98 Å². The van der Waals surface area contributed by atoms with Gasteiger partial charge < -0.3 is 5.43 Å². The van der Waals surface area contributed by atoms with Crippen LogP contribution in [0.15, 0.2) is 18.2 Å². The van der Waals surface area contributed by atoms with Gasteiger partial charge in [-0.1, -0.05) is 18.5 Å². The molecule has 2 rings (SSSR count). The van der Waals surface area contributed by atoms with Gasteiger partial charge in [-0.05, 0) is 30.2 Å². The quantitative estimate of drug-likeness (QED) is 0.654. The molecule has 3 nitrogen and oxygen atoms in total. The minimum atomic E-state index is -4.45. The molecule has 0 unspecified atom stereocenters. The van der Waals surface area contributed by atoms with E-state index in [-0.39, 0.29) is 15.9 Å². The fourth-order valence-electron chi connectivity index (χ4n) is 1.91. The van der Waals surface area contributed by atoms with Crippen LogP contribution in [0.5, 0.6) is 0 Å². The molecular formula is C12H11ClF3N3. The van der Waals surface area contributed by atoms with Crippen molar-refractivity contribution >= 4 is 28.3 Å². The Bertz CT molecular complexity index is 626. The maximum Gasteiger partial charge on any atom is 0.417 e. The molecule has 102 valence electrons. The number of fused-ring (bicyclic) bond motifs is 1. The molecule has 0 spiro atoms. The van der Waals surface area contributed by atoms with Crippen molar-refractivity contribution in [3.05, 3.63) is 34.3 Å². The van der Waals surface area contributed by atoms with Gasteiger partial charge in [0.05, 0.1) is 16.1 Å². The highest BCUT2D eigenvalue weighted by Gasteiger charge is 2.33. The smallest absolute Gasteiger partial charge is 0.308 e. The zero-order valence-electron chi connectivity index (χ0n) is 9.98. The zero-order chi connectivity index (χ0) is 14.2. The number of nitrogens with one attached hydrogen (secondary N) is 1. The predicted molar refractivity (Wildman–Crippen MR) is 68.9 cm³/mol. The van der Waals surface area contributed by atoms with E-state index in [4.69, 9.17) is 17.4 Å². The molecular weight excluding hydrogens is 279 g/mol. The first-order chi connectivity index (χ1) is 8.88. The minimum absolute atomic E-state index is 0.0177. The SMILES string of the molecule is CCc1cc2c(C(F)(F)F)ccc(Cl)c2nc1NN. The van der Waals surface area contributed by atoms with Crippen LogP contribution >= 0.6 is 11.6 Å². The van der Waals surface area contributed by atoms with Crippen molar-refractivity contribution in [2.24, 2.45) is 5.84 Å². The summed E-state index contributed by atoms with van der Waals surface area (Å²) in [6.45, 7) is 1.81. The van der Waals surface area contributed by atoms with Gasteiger partial charge in [0.1, 0.15) is 5.82 Å². The van der Waals surface area contributed by atoms with E-state index in [2.05, 4.69) is 10.4 Å². The Hall–Kier alpha value is -1.53. The molecule has 0 atom stereocenters. The third kappa shape index (κ3) is 2.46. The predicted octanol–water partition coefficient (Wildman–Crippen LogP) is 3.76. The molecule has 19 heavy (non-hydrogen) atoms. The number of pyridine rings is 1. The molecule has 2 aromatic rings. The van der Waals surface area contributed by atoms with E-state index >= 15 is 0 Å². The third-order valence-electron chi connectivity index (χ3n) is 2.84. The van der Waals surface area contributed by atoms with E-state index in [0.29, 0.717) is 17.8 Å². The minimum Gasteiger partial charge on any atom is -0.308 e. The van der Waals surface area contributed by atoms with Gasteiger partial charge in [0, 0.05) is 5.39 Å². The summed E-state index contributed by atoms with van der Waals surface area (Å²) < 4.78 is 38.9. The number of hydrogen-bond acceptors (Lipinski definition) is 3. The molecule has 0 bridgehead atoms. The summed E-state index contributed by atoms with van der Waals surface area (Å²) in [6.07, 6.45) is -3.94. The first-order valence-corrected chi connectivity index (χ1v) is 5.92. The van der Waals surface area contributed by atoms with Gasteiger partial charge in [-0.3, -0.25) is 0 Å². The topological polar surface area (TPSA) is 50.9 Å². The largest absolute Gasteiger partial charge is 0.417 e. The van der Waals surface area contributed by atoms with Crippen LogP contribution < -0.4 is 11.3 Å². The number of aryl methyl sites for hydroxylation is 1. The van der Waals surface area contributed by atoms with Crippen molar-refractivity contribution in [2.45, 2.75) is 19.5 Å². The Labute approximate surface area is 112 Å². The van der Waals surface area contributed by atoms with Gasteiger partial charge in [-0.25, -0.2) is 10.8 Å². The number of aromatic nitrogens is 1.